The zero-order valence-corrected chi connectivity index (χ0v) is 12.5. The molecule has 0 saturated carbocycles. The Kier molecular flexibility index (Phi) is 3.39. The maximum Gasteiger partial charge on any atom is 0.192 e. The average molecular weight is 321 g/mol. The first-order valence-corrected chi connectivity index (χ1v) is 7.63. The number of hydrogen-bond donors (Lipinski definition) is 0. The van der Waals surface area contributed by atoms with Crippen molar-refractivity contribution in [3.05, 3.63) is 45.7 Å². The van der Waals surface area contributed by atoms with Crippen LogP contribution in [0, 0.1) is 6.92 Å². The van der Waals surface area contributed by atoms with Gasteiger partial charge >= 0.3 is 0 Å². The summed E-state index contributed by atoms with van der Waals surface area (Å²) >= 11 is 5.08. The fraction of sp³-hybridized carbons (Fsp3) is 0.286. The fourth-order valence-electron chi connectivity index (χ4n) is 2.25. The summed E-state index contributed by atoms with van der Waals surface area (Å²) in [4.78, 5) is 10.5. The Balaban J connectivity index is 1.89. The normalized spacial score (nSPS) is 13.7. The van der Waals surface area contributed by atoms with Crippen molar-refractivity contribution < 1.29 is 0 Å². The van der Waals surface area contributed by atoms with Crippen LogP contribution in [0.5, 0.6) is 0 Å². The Bertz CT molecular complexity index is 581. The number of benzene rings is 1. The third-order valence-corrected chi connectivity index (χ3v) is 4.54. The van der Waals surface area contributed by atoms with Gasteiger partial charge in [0, 0.05) is 20.8 Å². The molecule has 0 spiro atoms. The number of hydrogen-bond acceptors (Lipinski definition) is 3. The number of nitrogens with zero attached hydrogens (tertiary/aromatic N) is 2. The topological polar surface area (TPSA) is 25.8 Å². The van der Waals surface area contributed by atoms with Gasteiger partial charge in [0.25, 0.3) is 0 Å². The van der Waals surface area contributed by atoms with Crippen molar-refractivity contribution in [2.24, 2.45) is 0 Å². The summed E-state index contributed by atoms with van der Waals surface area (Å²) in [7, 11) is 0. The molecule has 1 heterocycles. The molecule has 1 aliphatic rings. The first-order valence-electron chi connectivity index (χ1n) is 6.02. The van der Waals surface area contributed by atoms with Crippen LogP contribution in [0.4, 0.5) is 0 Å². The zero-order valence-electron chi connectivity index (χ0n) is 10.1. The molecule has 0 aliphatic heterocycles. The van der Waals surface area contributed by atoms with E-state index in [0.717, 1.165) is 28.2 Å². The highest BCUT2D eigenvalue weighted by atomic mass is 79.9. The number of aryl methyl sites for hydroxylation is 2. The van der Waals surface area contributed by atoms with Gasteiger partial charge in [-0.3, -0.25) is 0 Å². The van der Waals surface area contributed by atoms with Gasteiger partial charge in [-0.2, -0.15) is 0 Å². The lowest BCUT2D eigenvalue weighted by atomic mass is 10.2. The molecule has 0 radical (unpaired) electrons. The summed E-state index contributed by atoms with van der Waals surface area (Å²) in [6.07, 6.45) is 3.47. The largest absolute Gasteiger partial charge is 0.227 e. The summed E-state index contributed by atoms with van der Waals surface area (Å²) in [6, 6.07) is 8.26. The molecule has 1 aromatic carbocycles. The highest BCUT2D eigenvalue weighted by molar-refractivity contribution is 9.10. The van der Waals surface area contributed by atoms with Crippen LogP contribution in [0.1, 0.15) is 23.4 Å². The number of halogens is 1. The Hall–Kier alpha value is -0.870. The van der Waals surface area contributed by atoms with Crippen LogP contribution in [0.25, 0.3) is 0 Å². The monoisotopic (exact) mass is 320 g/mol. The molecule has 2 nitrogen and oxygen atoms in total. The quantitative estimate of drug-likeness (QED) is 0.776. The minimum atomic E-state index is 0.871. The summed E-state index contributed by atoms with van der Waals surface area (Å²) < 4.78 is 1.10. The third-order valence-electron chi connectivity index (χ3n) is 3.14. The molecule has 2 aromatic rings. The van der Waals surface area contributed by atoms with E-state index in [9.17, 15) is 0 Å². The highest BCUT2D eigenvalue weighted by Crippen LogP contribution is 2.29. The highest BCUT2D eigenvalue weighted by Gasteiger charge is 2.17. The molecule has 1 aliphatic carbocycles. The van der Waals surface area contributed by atoms with Crippen molar-refractivity contribution in [1.82, 2.24) is 9.97 Å². The smallest absolute Gasteiger partial charge is 0.192 e. The summed E-state index contributed by atoms with van der Waals surface area (Å²) in [5, 5.41) is 0.871. The van der Waals surface area contributed by atoms with E-state index >= 15 is 0 Å². The van der Waals surface area contributed by atoms with Gasteiger partial charge in [0.15, 0.2) is 5.16 Å². The van der Waals surface area contributed by atoms with E-state index in [4.69, 9.17) is 0 Å². The lowest BCUT2D eigenvalue weighted by Crippen LogP contribution is -1.98. The Morgan fingerprint density at radius 2 is 1.89 bits per heavy atom. The molecule has 1 aromatic heterocycles. The molecule has 0 amide bonds. The summed E-state index contributed by atoms with van der Waals surface area (Å²) in [5.41, 5.74) is 3.77. The maximum atomic E-state index is 4.67. The molecule has 0 bridgehead atoms. The van der Waals surface area contributed by atoms with Crippen molar-refractivity contribution in [1.29, 1.82) is 0 Å². The van der Waals surface area contributed by atoms with Crippen molar-refractivity contribution in [2.45, 2.75) is 36.2 Å². The molecule has 0 atom stereocenters. The Labute approximate surface area is 119 Å². The molecule has 18 heavy (non-hydrogen) atoms. The lowest BCUT2D eigenvalue weighted by Gasteiger charge is -2.06. The van der Waals surface area contributed by atoms with Crippen molar-refractivity contribution in [3.63, 3.8) is 0 Å². The Morgan fingerprint density at radius 1 is 1.11 bits per heavy atom. The number of rotatable bonds is 2. The molecule has 92 valence electrons. The molecule has 3 rings (SSSR count). The van der Waals surface area contributed by atoms with Gasteiger partial charge in [0.2, 0.25) is 0 Å². The van der Waals surface area contributed by atoms with Gasteiger partial charge in [0.05, 0.1) is 0 Å². The molecule has 0 N–H and O–H groups in total. The van der Waals surface area contributed by atoms with Gasteiger partial charge in [0.1, 0.15) is 0 Å². The van der Waals surface area contributed by atoms with Crippen LogP contribution < -0.4 is 0 Å². The van der Waals surface area contributed by atoms with Crippen LogP contribution in [0.3, 0.4) is 0 Å². The van der Waals surface area contributed by atoms with Crippen LogP contribution >= 0.6 is 27.7 Å². The predicted octanol–water partition coefficient (Wildman–Crippen LogP) is 4.19. The third kappa shape index (κ3) is 2.45. The second kappa shape index (κ2) is 5.02. The lowest BCUT2D eigenvalue weighted by molar-refractivity contribution is 0.868. The number of aromatic nitrogens is 2. The van der Waals surface area contributed by atoms with Crippen LogP contribution in [0.2, 0.25) is 0 Å². The van der Waals surface area contributed by atoms with Crippen molar-refractivity contribution >= 4 is 27.7 Å². The maximum absolute atomic E-state index is 4.67. The molecule has 4 heteroatoms. The zero-order chi connectivity index (χ0) is 12.5. The average Bonchev–Trinajstić information content (AvgIpc) is 2.81. The SMILES string of the molecule is Cc1nc(Sc2ccc(Br)cc2)nc2c1CCC2. The van der Waals surface area contributed by atoms with E-state index in [1.807, 2.05) is 12.1 Å². The van der Waals surface area contributed by atoms with E-state index in [1.165, 1.54) is 22.6 Å². The van der Waals surface area contributed by atoms with Gasteiger partial charge < -0.3 is 0 Å². The van der Waals surface area contributed by atoms with Crippen LogP contribution in [-0.2, 0) is 12.8 Å². The number of fused-ring (bicyclic) bond motifs is 1. The van der Waals surface area contributed by atoms with E-state index < -0.39 is 0 Å². The van der Waals surface area contributed by atoms with Gasteiger partial charge in [-0.25, -0.2) is 9.97 Å². The van der Waals surface area contributed by atoms with E-state index in [2.05, 4.69) is 45.0 Å². The summed E-state index contributed by atoms with van der Waals surface area (Å²) in [5.74, 6) is 0. The van der Waals surface area contributed by atoms with Gasteiger partial charge in [-0.05, 0) is 67.8 Å². The molecule has 0 unspecified atom stereocenters. The molecular weight excluding hydrogens is 308 g/mol. The van der Waals surface area contributed by atoms with Crippen molar-refractivity contribution in [3.8, 4) is 0 Å². The molecular formula is C14H13BrN2S. The van der Waals surface area contributed by atoms with E-state index in [1.54, 1.807) is 11.8 Å². The molecule has 0 fully saturated rings. The van der Waals surface area contributed by atoms with Gasteiger partial charge in [-0.1, -0.05) is 15.9 Å². The molecule has 0 saturated heterocycles. The predicted molar refractivity (Wildman–Crippen MR) is 77.1 cm³/mol. The van der Waals surface area contributed by atoms with E-state index in [0.29, 0.717) is 0 Å². The first kappa shape index (κ1) is 12.2. The second-order valence-electron chi connectivity index (χ2n) is 4.43. The Morgan fingerprint density at radius 3 is 2.67 bits per heavy atom. The summed E-state index contributed by atoms with van der Waals surface area (Å²) in [6.45, 7) is 2.09. The van der Waals surface area contributed by atoms with Crippen LogP contribution in [-0.4, -0.2) is 9.97 Å². The van der Waals surface area contributed by atoms with Gasteiger partial charge in [-0.15, -0.1) is 0 Å². The van der Waals surface area contributed by atoms with Crippen LogP contribution in [0.15, 0.2) is 38.8 Å². The van der Waals surface area contributed by atoms with Crippen molar-refractivity contribution in [2.75, 3.05) is 0 Å². The van der Waals surface area contributed by atoms with E-state index in [-0.39, 0.29) is 0 Å². The first-order chi connectivity index (χ1) is 8.72. The fourth-order valence-corrected chi connectivity index (χ4v) is 3.33. The minimum Gasteiger partial charge on any atom is -0.227 e. The minimum absolute atomic E-state index is 0.871. The standard InChI is InChI=1S/C14H13BrN2S/c1-9-12-3-2-4-13(12)17-14(16-9)18-11-7-5-10(15)6-8-11/h5-8H,2-4H2,1H3. The second-order valence-corrected chi connectivity index (χ2v) is 6.38.